The van der Waals surface area contributed by atoms with Crippen molar-refractivity contribution in [3.8, 4) is 0 Å². The second-order valence-electron chi connectivity index (χ2n) is 5.29. The summed E-state index contributed by atoms with van der Waals surface area (Å²) in [6.45, 7) is 4.49. The van der Waals surface area contributed by atoms with Gasteiger partial charge in [0.15, 0.2) is 5.96 Å². The van der Waals surface area contributed by atoms with E-state index in [1.165, 1.54) is 11.1 Å². The molecule has 23 heavy (non-hydrogen) atoms. The third-order valence-electron chi connectivity index (χ3n) is 3.45. The van der Waals surface area contributed by atoms with Gasteiger partial charge in [0.2, 0.25) is 0 Å². The van der Waals surface area contributed by atoms with Crippen molar-refractivity contribution in [3.63, 3.8) is 0 Å². The Balaban J connectivity index is 1.98. The molecular formula is C18H23BrN4. The first-order valence-corrected chi connectivity index (χ1v) is 8.61. The van der Waals surface area contributed by atoms with E-state index in [4.69, 9.17) is 4.99 Å². The van der Waals surface area contributed by atoms with E-state index >= 15 is 0 Å². The molecule has 1 heterocycles. The number of hydrogen-bond donors (Lipinski definition) is 1. The predicted octanol–water partition coefficient (Wildman–Crippen LogP) is 3.48. The Morgan fingerprint density at radius 2 is 2.09 bits per heavy atom. The van der Waals surface area contributed by atoms with Crippen LogP contribution in [0.5, 0.6) is 0 Å². The molecule has 1 aromatic heterocycles. The van der Waals surface area contributed by atoms with Crippen LogP contribution in [0.25, 0.3) is 0 Å². The summed E-state index contributed by atoms with van der Waals surface area (Å²) in [4.78, 5) is 11.0. The first kappa shape index (κ1) is 17.5. The maximum absolute atomic E-state index is 4.72. The van der Waals surface area contributed by atoms with Gasteiger partial charge < -0.3 is 10.2 Å². The highest BCUT2D eigenvalue weighted by molar-refractivity contribution is 9.10. The van der Waals surface area contributed by atoms with Crippen molar-refractivity contribution >= 4 is 21.9 Å². The largest absolute Gasteiger partial charge is 0.357 e. The SMILES string of the molecule is CCNC(=NCCc1cccnc1)N(C)Cc1ccccc1Br. The Labute approximate surface area is 146 Å². The molecule has 5 heteroatoms. The van der Waals surface area contributed by atoms with Gasteiger partial charge in [-0.1, -0.05) is 40.2 Å². The number of rotatable bonds is 6. The highest BCUT2D eigenvalue weighted by Gasteiger charge is 2.08. The molecule has 2 aromatic rings. The average Bonchev–Trinajstić information content (AvgIpc) is 2.57. The number of aliphatic imine (C=N–C) groups is 1. The molecule has 0 bridgehead atoms. The fourth-order valence-electron chi connectivity index (χ4n) is 2.26. The lowest BCUT2D eigenvalue weighted by Crippen LogP contribution is -2.38. The minimum Gasteiger partial charge on any atom is -0.357 e. The van der Waals surface area contributed by atoms with Crippen LogP contribution >= 0.6 is 15.9 Å². The molecule has 0 fully saturated rings. The lowest BCUT2D eigenvalue weighted by atomic mass is 10.2. The van der Waals surface area contributed by atoms with Crippen LogP contribution in [-0.2, 0) is 13.0 Å². The Bertz CT molecular complexity index is 628. The highest BCUT2D eigenvalue weighted by atomic mass is 79.9. The lowest BCUT2D eigenvalue weighted by molar-refractivity contribution is 0.476. The molecule has 0 aliphatic rings. The zero-order valence-electron chi connectivity index (χ0n) is 13.7. The van der Waals surface area contributed by atoms with Crippen LogP contribution in [0.4, 0.5) is 0 Å². The summed E-state index contributed by atoms with van der Waals surface area (Å²) in [6.07, 6.45) is 4.58. The summed E-state index contributed by atoms with van der Waals surface area (Å²) < 4.78 is 1.12. The number of nitrogens with one attached hydrogen (secondary N) is 1. The van der Waals surface area contributed by atoms with Gasteiger partial charge in [-0.05, 0) is 36.6 Å². The molecule has 1 aromatic carbocycles. The van der Waals surface area contributed by atoms with Gasteiger partial charge in [0.25, 0.3) is 0 Å². The number of aromatic nitrogens is 1. The summed E-state index contributed by atoms with van der Waals surface area (Å²) >= 11 is 3.60. The quantitative estimate of drug-likeness (QED) is 0.621. The molecule has 0 aliphatic heterocycles. The number of hydrogen-bond acceptors (Lipinski definition) is 2. The van der Waals surface area contributed by atoms with Gasteiger partial charge in [0, 0.05) is 43.5 Å². The smallest absolute Gasteiger partial charge is 0.193 e. The van der Waals surface area contributed by atoms with E-state index in [-0.39, 0.29) is 0 Å². The molecule has 0 atom stereocenters. The molecule has 2 rings (SSSR count). The zero-order valence-corrected chi connectivity index (χ0v) is 15.3. The summed E-state index contributed by atoms with van der Waals surface area (Å²) in [6, 6.07) is 12.3. The monoisotopic (exact) mass is 374 g/mol. The molecule has 0 radical (unpaired) electrons. The second kappa shape index (κ2) is 9.30. The van der Waals surface area contributed by atoms with Crippen molar-refractivity contribution in [2.45, 2.75) is 19.9 Å². The topological polar surface area (TPSA) is 40.5 Å². The highest BCUT2D eigenvalue weighted by Crippen LogP contribution is 2.17. The third-order valence-corrected chi connectivity index (χ3v) is 4.22. The molecule has 4 nitrogen and oxygen atoms in total. The summed E-state index contributed by atoms with van der Waals surface area (Å²) in [5, 5.41) is 3.35. The van der Waals surface area contributed by atoms with E-state index in [0.29, 0.717) is 0 Å². The molecule has 0 saturated carbocycles. The minimum absolute atomic E-state index is 0.744. The van der Waals surface area contributed by atoms with Crippen molar-refractivity contribution in [1.29, 1.82) is 0 Å². The molecule has 0 spiro atoms. The van der Waals surface area contributed by atoms with Crippen molar-refractivity contribution in [1.82, 2.24) is 15.2 Å². The van der Waals surface area contributed by atoms with E-state index in [2.05, 4.69) is 69.4 Å². The maximum atomic E-state index is 4.72. The molecule has 0 aliphatic carbocycles. The van der Waals surface area contributed by atoms with Crippen molar-refractivity contribution in [2.75, 3.05) is 20.1 Å². The van der Waals surface area contributed by atoms with Crippen molar-refractivity contribution in [3.05, 3.63) is 64.4 Å². The first-order valence-electron chi connectivity index (χ1n) is 7.82. The van der Waals surface area contributed by atoms with Crippen LogP contribution in [0, 0.1) is 0 Å². The van der Waals surface area contributed by atoms with Gasteiger partial charge >= 0.3 is 0 Å². The van der Waals surface area contributed by atoms with E-state index in [1.807, 2.05) is 18.3 Å². The molecule has 1 N–H and O–H groups in total. The molecule has 0 saturated heterocycles. The van der Waals surface area contributed by atoms with Gasteiger partial charge in [-0.3, -0.25) is 9.98 Å². The fraction of sp³-hybridized carbons (Fsp3) is 0.333. The predicted molar refractivity (Wildman–Crippen MR) is 99.5 cm³/mol. The summed E-state index contributed by atoms with van der Waals surface area (Å²) in [7, 11) is 2.06. The Morgan fingerprint density at radius 3 is 2.78 bits per heavy atom. The first-order chi connectivity index (χ1) is 11.2. The van der Waals surface area contributed by atoms with Crippen LogP contribution in [0.2, 0.25) is 0 Å². The van der Waals surface area contributed by atoms with Crippen LogP contribution in [0.3, 0.4) is 0 Å². The van der Waals surface area contributed by atoms with Crippen molar-refractivity contribution in [2.24, 2.45) is 4.99 Å². The van der Waals surface area contributed by atoms with Gasteiger partial charge in [-0.2, -0.15) is 0 Å². The lowest BCUT2D eigenvalue weighted by Gasteiger charge is -2.22. The molecular weight excluding hydrogens is 352 g/mol. The van der Waals surface area contributed by atoms with E-state index in [1.54, 1.807) is 6.20 Å². The van der Waals surface area contributed by atoms with Crippen LogP contribution in [0.1, 0.15) is 18.1 Å². The standard InChI is InChI=1S/C18H23BrN4/c1-3-21-18(22-12-10-15-7-6-11-20-13-15)23(2)14-16-8-4-5-9-17(16)19/h4-9,11,13H,3,10,12,14H2,1-2H3,(H,21,22). The average molecular weight is 375 g/mol. The Hall–Kier alpha value is -1.88. The number of benzene rings is 1. The van der Waals surface area contributed by atoms with E-state index < -0.39 is 0 Å². The number of guanidine groups is 1. The number of pyridine rings is 1. The fourth-order valence-corrected chi connectivity index (χ4v) is 2.67. The van der Waals surface area contributed by atoms with E-state index in [0.717, 1.165) is 36.5 Å². The van der Waals surface area contributed by atoms with Crippen LogP contribution < -0.4 is 5.32 Å². The molecule has 0 unspecified atom stereocenters. The molecule has 122 valence electrons. The van der Waals surface area contributed by atoms with Crippen molar-refractivity contribution < 1.29 is 0 Å². The number of nitrogens with zero attached hydrogens (tertiary/aromatic N) is 3. The van der Waals surface area contributed by atoms with Gasteiger partial charge in [0.1, 0.15) is 0 Å². The summed E-state index contributed by atoms with van der Waals surface area (Å²) in [5.74, 6) is 0.923. The zero-order chi connectivity index (χ0) is 16.5. The minimum atomic E-state index is 0.744. The van der Waals surface area contributed by atoms with Gasteiger partial charge in [-0.15, -0.1) is 0 Å². The summed E-state index contributed by atoms with van der Waals surface area (Å²) in [5.41, 5.74) is 2.45. The Morgan fingerprint density at radius 1 is 1.26 bits per heavy atom. The van der Waals surface area contributed by atoms with E-state index in [9.17, 15) is 0 Å². The maximum Gasteiger partial charge on any atom is 0.193 e. The normalized spacial score (nSPS) is 11.3. The van der Waals surface area contributed by atoms with Gasteiger partial charge in [-0.25, -0.2) is 0 Å². The van der Waals surface area contributed by atoms with Gasteiger partial charge in [0.05, 0.1) is 0 Å². The number of halogens is 1. The van der Waals surface area contributed by atoms with Crippen LogP contribution in [0.15, 0.2) is 58.3 Å². The van der Waals surface area contributed by atoms with Crippen LogP contribution in [-0.4, -0.2) is 36.0 Å². The second-order valence-corrected chi connectivity index (χ2v) is 6.15. The Kier molecular flexibility index (Phi) is 7.07. The molecule has 0 amide bonds. The third kappa shape index (κ3) is 5.67.